The van der Waals surface area contributed by atoms with Crippen molar-refractivity contribution in [3.8, 4) is 0 Å². The Morgan fingerprint density at radius 2 is 1.62 bits per heavy atom. The van der Waals surface area contributed by atoms with Gasteiger partial charge in [-0.15, -0.1) is 0 Å². The van der Waals surface area contributed by atoms with Crippen molar-refractivity contribution in [2.75, 3.05) is 0 Å². The number of aliphatic hydroxyl groups is 1. The first-order valence-corrected chi connectivity index (χ1v) is 7.08. The van der Waals surface area contributed by atoms with Crippen LogP contribution in [0.25, 0.3) is 0 Å². The largest absolute Gasteiger partial charge is 0.390 e. The summed E-state index contributed by atoms with van der Waals surface area (Å²) in [6.45, 7) is 8.88. The molecule has 2 rings (SSSR count). The first-order valence-electron chi connectivity index (χ1n) is 7.08. The van der Waals surface area contributed by atoms with Gasteiger partial charge >= 0.3 is 0 Å². The lowest BCUT2D eigenvalue weighted by Gasteiger charge is -2.46. The van der Waals surface area contributed by atoms with Gasteiger partial charge in [0.25, 0.3) is 0 Å². The van der Waals surface area contributed by atoms with E-state index in [1.165, 1.54) is 38.5 Å². The molecule has 1 spiro atoms. The van der Waals surface area contributed by atoms with Crippen molar-refractivity contribution in [2.24, 2.45) is 23.2 Å². The molecule has 2 fully saturated rings. The van der Waals surface area contributed by atoms with E-state index in [2.05, 4.69) is 13.8 Å². The van der Waals surface area contributed by atoms with Crippen LogP contribution in [-0.4, -0.2) is 10.7 Å². The van der Waals surface area contributed by atoms with E-state index in [1.807, 2.05) is 13.8 Å². The van der Waals surface area contributed by atoms with Gasteiger partial charge < -0.3 is 5.11 Å². The molecule has 0 aromatic heterocycles. The fourth-order valence-electron chi connectivity index (χ4n) is 4.39. The van der Waals surface area contributed by atoms with Crippen molar-refractivity contribution < 1.29 is 5.11 Å². The fraction of sp³-hybridized carbons (Fsp3) is 1.00. The van der Waals surface area contributed by atoms with E-state index in [1.54, 1.807) is 0 Å². The van der Waals surface area contributed by atoms with E-state index < -0.39 is 5.60 Å². The summed E-state index contributed by atoms with van der Waals surface area (Å²) < 4.78 is 0. The summed E-state index contributed by atoms with van der Waals surface area (Å²) in [4.78, 5) is 0. The Kier molecular flexibility index (Phi) is 3.11. The molecule has 16 heavy (non-hydrogen) atoms. The third kappa shape index (κ3) is 1.92. The Morgan fingerprint density at radius 1 is 1.06 bits per heavy atom. The molecule has 2 aliphatic carbocycles. The maximum atomic E-state index is 10.2. The normalized spacial score (nSPS) is 45.2. The van der Waals surface area contributed by atoms with E-state index in [-0.39, 0.29) is 0 Å². The standard InChI is InChI=1S/C15H28O/c1-11-6-5-7-12(2)15(11)9-8-13(10-15)14(3,4)16/h11-13,16H,5-10H2,1-4H3/t11-,12?,13+,15?/m0/s1. The van der Waals surface area contributed by atoms with Crippen molar-refractivity contribution >= 4 is 0 Å². The van der Waals surface area contributed by atoms with Gasteiger partial charge in [-0.2, -0.15) is 0 Å². The van der Waals surface area contributed by atoms with Crippen molar-refractivity contribution in [1.29, 1.82) is 0 Å². The molecule has 4 atom stereocenters. The average molecular weight is 224 g/mol. The second-order valence-corrected chi connectivity index (χ2v) is 7.06. The summed E-state index contributed by atoms with van der Waals surface area (Å²) in [5.74, 6) is 2.25. The second-order valence-electron chi connectivity index (χ2n) is 7.06. The van der Waals surface area contributed by atoms with Gasteiger partial charge in [-0.1, -0.05) is 33.1 Å². The molecule has 2 unspecified atom stereocenters. The van der Waals surface area contributed by atoms with Crippen molar-refractivity contribution in [1.82, 2.24) is 0 Å². The van der Waals surface area contributed by atoms with E-state index in [4.69, 9.17) is 0 Å². The van der Waals surface area contributed by atoms with Gasteiger partial charge in [-0.3, -0.25) is 0 Å². The van der Waals surface area contributed by atoms with Crippen LogP contribution in [0, 0.1) is 23.2 Å². The maximum Gasteiger partial charge on any atom is 0.0620 e. The Hall–Kier alpha value is -0.0400. The van der Waals surface area contributed by atoms with Crippen LogP contribution >= 0.6 is 0 Å². The minimum atomic E-state index is -0.472. The Labute approximate surface area is 101 Å². The van der Waals surface area contributed by atoms with Crippen LogP contribution in [0.15, 0.2) is 0 Å². The highest BCUT2D eigenvalue weighted by molar-refractivity contribution is 5.00. The molecule has 0 saturated heterocycles. The van der Waals surface area contributed by atoms with Gasteiger partial charge in [-0.05, 0) is 56.3 Å². The first kappa shape index (κ1) is 12.4. The highest BCUT2D eigenvalue weighted by Crippen LogP contribution is 2.58. The molecule has 0 bridgehead atoms. The van der Waals surface area contributed by atoms with E-state index >= 15 is 0 Å². The van der Waals surface area contributed by atoms with Gasteiger partial charge in [0.05, 0.1) is 5.60 Å². The third-order valence-corrected chi connectivity index (χ3v) is 5.82. The number of rotatable bonds is 1. The highest BCUT2D eigenvalue weighted by atomic mass is 16.3. The van der Waals surface area contributed by atoms with Gasteiger partial charge in [0.15, 0.2) is 0 Å². The van der Waals surface area contributed by atoms with E-state index in [9.17, 15) is 5.11 Å². The molecule has 94 valence electrons. The van der Waals surface area contributed by atoms with Gasteiger partial charge in [0.2, 0.25) is 0 Å². The Morgan fingerprint density at radius 3 is 2.06 bits per heavy atom. The molecule has 2 aliphatic rings. The second kappa shape index (κ2) is 4.01. The molecule has 0 aromatic rings. The number of hydrogen-bond acceptors (Lipinski definition) is 1. The van der Waals surface area contributed by atoms with Crippen LogP contribution < -0.4 is 0 Å². The van der Waals surface area contributed by atoms with Crippen LogP contribution in [0.3, 0.4) is 0 Å². The predicted octanol–water partition coefficient (Wildman–Crippen LogP) is 4.00. The summed E-state index contributed by atoms with van der Waals surface area (Å²) in [6, 6.07) is 0. The summed E-state index contributed by atoms with van der Waals surface area (Å²) in [5.41, 5.74) is 0.0866. The molecule has 0 aromatic carbocycles. The highest BCUT2D eigenvalue weighted by Gasteiger charge is 2.50. The van der Waals surface area contributed by atoms with Gasteiger partial charge in [0.1, 0.15) is 0 Å². The van der Waals surface area contributed by atoms with E-state index in [0.29, 0.717) is 11.3 Å². The average Bonchev–Trinajstić information content (AvgIpc) is 2.60. The molecular formula is C15H28O. The first-order chi connectivity index (χ1) is 7.36. The monoisotopic (exact) mass is 224 g/mol. The smallest absolute Gasteiger partial charge is 0.0620 e. The van der Waals surface area contributed by atoms with Crippen molar-refractivity contribution in [3.63, 3.8) is 0 Å². The minimum absolute atomic E-state index is 0.472. The third-order valence-electron chi connectivity index (χ3n) is 5.82. The molecule has 2 saturated carbocycles. The van der Waals surface area contributed by atoms with Crippen LogP contribution in [0.4, 0.5) is 0 Å². The lowest BCUT2D eigenvalue weighted by molar-refractivity contribution is -0.00689. The molecule has 0 aliphatic heterocycles. The van der Waals surface area contributed by atoms with Gasteiger partial charge in [-0.25, -0.2) is 0 Å². The topological polar surface area (TPSA) is 20.2 Å². The zero-order valence-corrected chi connectivity index (χ0v) is 11.4. The Bertz CT molecular complexity index is 241. The van der Waals surface area contributed by atoms with Gasteiger partial charge in [0, 0.05) is 0 Å². The molecule has 0 radical (unpaired) electrons. The van der Waals surface area contributed by atoms with E-state index in [0.717, 1.165) is 11.8 Å². The zero-order valence-electron chi connectivity index (χ0n) is 11.4. The van der Waals surface area contributed by atoms with Crippen LogP contribution in [0.2, 0.25) is 0 Å². The molecule has 1 heteroatoms. The predicted molar refractivity (Wildman–Crippen MR) is 68.3 cm³/mol. The molecule has 0 heterocycles. The quantitative estimate of drug-likeness (QED) is 0.714. The minimum Gasteiger partial charge on any atom is -0.390 e. The molecule has 1 N–H and O–H groups in total. The molecule has 0 amide bonds. The summed E-state index contributed by atoms with van der Waals surface area (Å²) >= 11 is 0. The molecule has 1 nitrogen and oxygen atoms in total. The van der Waals surface area contributed by atoms with Crippen molar-refractivity contribution in [2.45, 2.75) is 71.8 Å². The van der Waals surface area contributed by atoms with Crippen LogP contribution in [0.1, 0.15) is 66.2 Å². The SMILES string of the molecule is CC1CCC[C@H](C)C12CC[C@@H](C(C)(C)O)C2. The zero-order chi connectivity index (χ0) is 12.0. The summed E-state index contributed by atoms with van der Waals surface area (Å²) in [7, 11) is 0. The maximum absolute atomic E-state index is 10.2. The number of hydrogen-bond donors (Lipinski definition) is 1. The van der Waals surface area contributed by atoms with Crippen LogP contribution in [-0.2, 0) is 0 Å². The summed E-state index contributed by atoms with van der Waals surface area (Å²) in [6.07, 6.45) is 8.07. The Balaban J connectivity index is 2.15. The molecular weight excluding hydrogens is 196 g/mol. The lowest BCUT2D eigenvalue weighted by Crippen LogP contribution is -2.38. The lowest BCUT2D eigenvalue weighted by atomic mass is 9.59. The van der Waals surface area contributed by atoms with Crippen molar-refractivity contribution in [3.05, 3.63) is 0 Å². The van der Waals surface area contributed by atoms with Crippen LogP contribution in [0.5, 0.6) is 0 Å². The fourth-order valence-corrected chi connectivity index (χ4v) is 4.39. The summed E-state index contributed by atoms with van der Waals surface area (Å²) in [5, 5.41) is 10.2.